The molecule has 1 unspecified atom stereocenters. The third kappa shape index (κ3) is 9.71. The predicted molar refractivity (Wildman–Crippen MR) is 136 cm³/mol. The zero-order chi connectivity index (χ0) is 20.9. The molecule has 0 aromatic heterocycles. The molecule has 0 saturated heterocycles. The first-order valence-corrected chi connectivity index (χ1v) is 11.3. The van der Waals surface area contributed by atoms with Gasteiger partial charge in [0.05, 0.1) is 6.54 Å². The summed E-state index contributed by atoms with van der Waals surface area (Å²) in [5.41, 5.74) is 2.82. The minimum absolute atomic E-state index is 0. The largest absolute Gasteiger partial charge is 0.357 e. The maximum absolute atomic E-state index is 12.2. The number of carbonyl (C=O) groups excluding carboxylic acids is 1. The lowest BCUT2D eigenvalue weighted by Gasteiger charge is -2.11. The van der Waals surface area contributed by atoms with Crippen LogP contribution in [0.2, 0.25) is 0 Å². The van der Waals surface area contributed by atoms with Crippen LogP contribution in [0.4, 0.5) is 0 Å². The molecule has 0 aliphatic carbocycles. The van der Waals surface area contributed by atoms with E-state index in [2.05, 4.69) is 20.9 Å². The summed E-state index contributed by atoms with van der Waals surface area (Å²) in [5, 5.41) is 9.14. The molecule has 1 amide bonds. The number of carbonyl (C=O) groups is 1. The molecule has 2 aromatic rings. The van der Waals surface area contributed by atoms with E-state index in [0.29, 0.717) is 36.1 Å². The summed E-state index contributed by atoms with van der Waals surface area (Å²) in [4.78, 5) is 16.3. The number of hydrogen-bond acceptors (Lipinski definition) is 3. The van der Waals surface area contributed by atoms with Crippen molar-refractivity contribution in [2.75, 3.05) is 32.4 Å². The molecule has 164 valence electrons. The normalized spacial score (nSPS) is 11.9. The summed E-state index contributed by atoms with van der Waals surface area (Å²) in [7, 11) is 0.692. The van der Waals surface area contributed by atoms with Crippen LogP contribution in [-0.2, 0) is 23.0 Å². The van der Waals surface area contributed by atoms with Gasteiger partial charge >= 0.3 is 0 Å². The van der Waals surface area contributed by atoms with Gasteiger partial charge in [0.15, 0.2) is 5.96 Å². The predicted octanol–water partition coefficient (Wildman–Crippen LogP) is 2.71. The van der Waals surface area contributed by atoms with Crippen molar-refractivity contribution >= 4 is 46.6 Å². The van der Waals surface area contributed by atoms with Crippen molar-refractivity contribution in [1.82, 2.24) is 16.0 Å². The molecule has 30 heavy (non-hydrogen) atoms. The highest BCUT2D eigenvalue weighted by Crippen LogP contribution is 2.06. The van der Waals surface area contributed by atoms with Crippen LogP contribution in [0.3, 0.4) is 0 Å². The first kappa shape index (κ1) is 26.1. The van der Waals surface area contributed by atoms with Crippen LogP contribution in [0.1, 0.15) is 28.4 Å². The van der Waals surface area contributed by atoms with E-state index in [4.69, 9.17) is 0 Å². The number of benzene rings is 2. The van der Waals surface area contributed by atoms with E-state index in [1.54, 1.807) is 13.1 Å². The Hall–Kier alpha value is -1.94. The average molecular weight is 542 g/mol. The third-order valence-electron chi connectivity index (χ3n) is 4.23. The number of amides is 1. The fraction of sp³-hybridized carbons (Fsp3) is 0.364. The Morgan fingerprint density at radius 2 is 1.77 bits per heavy atom. The van der Waals surface area contributed by atoms with Gasteiger partial charge < -0.3 is 16.0 Å². The van der Waals surface area contributed by atoms with Gasteiger partial charge in [0, 0.05) is 48.0 Å². The molecule has 0 aliphatic heterocycles. The number of hydrogen-bond donors (Lipinski definition) is 3. The maximum Gasteiger partial charge on any atom is 0.251 e. The van der Waals surface area contributed by atoms with Crippen LogP contribution in [0.15, 0.2) is 59.6 Å². The lowest BCUT2D eigenvalue weighted by molar-refractivity contribution is 0.0963. The summed E-state index contributed by atoms with van der Waals surface area (Å²) in [6.45, 7) is 3.96. The van der Waals surface area contributed by atoms with Crippen LogP contribution in [0.5, 0.6) is 0 Å². The van der Waals surface area contributed by atoms with Crippen LogP contribution in [-0.4, -0.2) is 48.5 Å². The Balaban J connectivity index is 0.00000450. The highest BCUT2D eigenvalue weighted by atomic mass is 127. The molecule has 2 rings (SSSR count). The van der Waals surface area contributed by atoms with Crippen molar-refractivity contribution in [3.8, 4) is 0 Å². The minimum atomic E-state index is -0.935. The van der Waals surface area contributed by atoms with Crippen molar-refractivity contribution in [2.24, 2.45) is 4.99 Å². The molecule has 0 spiro atoms. The van der Waals surface area contributed by atoms with Crippen LogP contribution in [0.25, 0.3) is 0 Å². The van der Waals surface area contributed by atoms with Gasteiger partial charge in [-0.25, -0.2) is 0 Å². The fourth-order valence-corrected chi connectivity index (χ4v) is 3.77. The molecule has 0 aliphatic rings. The number of nitrogens with one attached hydrogen (secondary N) is 3. The molecule has 8 heteroatoms. The number of guanidine groups is 1. The number of rotatable bonds is 10. The average Bonchev–Trinajstić information content (AvgIpc) is 2.74. The molecule has 0 fully saturated rings. The Labute approximate surface area is 198 Å². The van der Waals surface area contributed by atoms with Crippen LogP contribution < -0.4 is 16.0 Å². The zero-order valence-electron chi connectivity index (χ0n) is 17.5. The van der Waals surface area contributed by atoms with Gasteiger partial charge in [0.1, 0.15) is 0 Å². The zero-order valence-corrected chi connectivity index (χ0v) is 20.7. The molecule has 1 atom stereocenters. The summed E-state index contributed by atoms with van der Waals surface area (Å²) < 4.78 is 12.2. The topological polar surface area (TPSA) is 82.6 Å². The van der Waals surface area contributed by atoms with E-state index in [-0.39, 0.29) is 29.9 Å². The van der Waals surface area contributed by atoms with E-state index < -0.39 is 10.8 Å². The van der Waals surface area contributed by atoms with Gasteiger partial charge in [0.2, 0.25) is 0 Å². The van der Waals surface area contributed by atoms with E-state index in [1.807, 2.05) is 55.5 Å². The quantitative estimate of drug-likeness (QED) is 0.245. The summed E-state index contributed by atoms with van der Waals surface area (Å²) in [6, 6.07) is 17.5. The van der Waals surface area contributed by atoms with Gasteiger partial charge in [-0.1, -0.05) is 42.5 Å². The molecule has 0 heterocycles. The molecular formula is C22H31IN4O2S. The Morgan fingerprint density at radius 1 is 1.03 bits per heavy atom. The second kappa shape index (κ2) is 15.0. The number of aliphatic imine (C=N–C) groups is 1. The lowest BCUT2D eigenvalue weighted by atomic mass is 10.1. The highest BCUT2D eigenvalue weighted by molar-refractivity contribution is 14.0. The standard InChI is InChI=1S/C22H30N4O2S.HI/c1-3-24-22(26-14-15-29(28)17-19-8-5-4-6-9-19)25-13-12-18-10-7-11-20(16-18)21(27)23-2;/h4-11,16H,3,12-15,17H2,1-2H3,(H,23,27)(H2,24,25,26);1H. The first-order chi connectivity index (χ1) is 14.1. The second-order valence-corrected chi connectivity index (χ2v) is 8.07. The van der Waals surface area contributed by atoms with E-state index in [0.717, 1.165) is 24.1 Å². The van der Waals surface area contributed by atoms with Crippen LogP contribution >= 0.6 is 24.0 Å². The van der Waals surface area contributed by atoms with Crippen molar-refractivity contribution < 1.29 is 9.00 Å². The molecule has 0 bridgehead atoms. The lowest BCUT2D eigenvalue weighted by Crippen LogP contribution is -2.38. The molecule has 6 nitrogen and oxygen atoms in total. The van der Waals surface area contributed by atoms with Crippen LogP contribution in [0, 0.1) is 0 Å². The van der Waals surface area contributed by atoms with Crippen molar-refractivity contribution in [2.45, 2.75) is 19.1 Å². The summed E-state index contributed by atoms with van der Waals surface area (Å²) in [6.07, 6.45) is 0.773. The minimum Gasteiger partial charge on any atom is -0.357 e. The van der Waals surface area contributed by atoms with Gasteiger partial charge in [-0.2, -0.15) is 0 Å². The molecule has 2 aromatic carbocycles. The van der Waals surface area contributed by atoms with Crippen molar-refractivity contribution in [3.05, 3.63) is 71.3 Å². The smallest absolute Gasteiger partial charge is 0.251 e. The SMILES string of the molecule is CCNC(=NCCS(=O)Cc1ccccc1)NCCc1cccc(C(=O)NC)c1.I. The maximum atomic E-state index is 12.2. The van der Waals surface area contributed by atoms with Gasteiger partial charge in [-0.05, 0) is 36.6 Å². The number of nitrogens with zero attached hydrogens (tertiary/aromatic N) is 1. The highest BCUT2D eigenvalue weighted by Gasteiger charge is 2.05. The Morgan fingerprint density at radius 3 is 2.47 bits per heavy atom. The second-order valence-electron chi connectivity index (χ2n) is 6.49. The van der Waals surface area contributed by atoms with Crippen molar-refractivity contribution in [3.63, 3.8) is 0 Å². The molecule has 3 N–H and O–H groups in total. The molecule has 0 radical (unpaired) electrons. The first-order valence-electron chi connectivity index (χ1n) is 9.84. The molecular weight excluding hydrogens is 511 g/mol. The van der Waals surface area contributed by atoms with Gasteiger partial charge in [-0.15, -0.1) is 24.0 Å². The van der Waals surface area contributed by atoms with Gasteiger partial charge in [-0.3, -0.25) is 14.0 Å². The summed E-state index contributed by atoms with van der Waals surface area (Å²) >= 11 is 0. The summed E-state index contributed by atoms with van der Waals surface area (Å²) in [5.74, 6) is 1.71. The monoisotopic (exact) mass is 542 g/mol. The van der Waals surface area contributed by atoms with E-state index >= 15 is 0 Å². The van der Waals surface area contributed by atoms with Crippen molar-refractivity contribution in [1.29, 1.82) is 0 Å². The third-order valence-corrected chi connectivity index (χ3v) is 5.52. The van der Waals surface area contributed by atoms with E-state index in [1.165, 1.54) is 0 Å². The number of halogens is 1. The van der Waals surface area contributed by atoms with E-state index in [9.17, 15) is 9.00 Å². The fourth-order valence-electron chi connectivity index (χ4n) is 2.77. The Kier molecular flexibility index (Phi) is 13.0. The Bertz CT molecular complexity index is 831. The van der Waals surface area contributed by atoms with Gasteiger partial charge in [0.25, 0.3) is 5.91 Å². The molecule has 0 saturated carbocycles.